The molecule has 0 aromatic carbocycles. The van der Waals surface area contributed by atoms with Crippen molar-refractivity contribution in [2.75, 3.05) is 0 Å². The molecule has 0 saturated heterocycles. The zero-order valence-corrected chi connectivity index (χ0v) is 10.4. The van der Waals surface area contributed by atoms with Crippen molar-refractivity contribution in [3.8, 4) is 6.07 Å². The minimum atomic E-state index is 0.281. The third kappa shape index (κ3) is 2.77. The maximum Gasteiger partial charge on any atom is 0.0672 e. The summed E-state index contributed by atoms with van der Waals surface area (Å²) in [6.07, 6.45) is 10.3. The van der Waals surface area contributed by atoms with Crippen molar-refractivity contribution in [3.05, 3.63) is 0 Å². The van der Waals surface area contributed by atoms with E-state index in [-0.39, 0.29) is 5.92 Å². The first-order valence-corrected chi connectivity index (χ1v) is 6.99. The first kappa shape index (κ1) is 11.9. The van der Waals surface area contributed by atoms with Gasteiger partial charge in [-0.1, -0.05) is 19.8 Å². The van der Waals surface area contributed by atoms with E-state index in [1.54, 1.807) is 0 Å². The fourth-order valence-electron chi connectivity index (χ4n) is 3.35. The lowest BCUT2D eigenvalue weighted by atomic mass is 9.84. The molecule has 0 spiro atoms. The molecule has 2 saturated carbocycles. The number of nitrogens with zero attached hydrogens (tertiary/aromatic N) is 1. The van der Waals surface area contributed by atoms with Crippen molar-refractivity contribution >= 4 is 0 Å². The quantitative estimate of drug-likeness (QED) is 0.792. The highest BCUT2D eigenvalue weighted by atomic mass is 15.0. The number of hydrogen-bond acceptors (Lipinski definition) is 2. The van der Waals surface area contributed by atoms with Crippen molar-refractivity contribution in [1.82, 2.24) is 5.32 Å². The van der Waals surface area contributed by atoms with Gasteiger partial charge in [-0.15, -0.1) is 0 Å². The Morgan fingerprint density at radius 2 is 1.88 bits per heavy atom. The van der Waals surface area contributed by atoms with Crippen LogP contribution in [0.15, 0.2) is 0 Å². The molecule has 2 unspecified atom stereocenters. The summed E-state index contributed by atoms with van der Waals surface area (Å²) >= 11 is 0. The largest absolute Gasteiger partial charge is 0.310 e. The molecule has 0 amide bonds. The van der Waals surface area contributed by atoms with Crippen molar-refractivity contribution in [3.63, 3.8) is 0 Å². The van der Waals surface area contributed by atoms with Crippen LogP contribution in [0.1, 0.15) is 58.3 Å². The molecule has 2 aliphatic rings. The molecule has 0 aromatic heterocycles. The van der Waals surface area contributed by atoms with Crippen molar-refractivity contribution in [1.29, 1.82) is 5.26 Å². The molecule has 0 heterocycles. The van der Waals surface area contributed by atoms with Gasteiger partial charge in [0.25, 0.3) is 0 Å². The van der Waals surface area contributed by atoms with Crippen LogP contribution < -0.4 is 5.32 Å². The van der Waals surface area contributed by atoms with E-state index in [0.717, 1.165) is 12.3 Å². The van der Waals surface area contributed by atoms with Gasteiger partial charge in [-0.25, -0.2) is 0 Å². The lowest BCUT2D eigenvalue weighted by Gasteiger charge is -2.31. The monoisotopic (exact) mass is 220 g/mol. The van der Waals surface area contributed by atoms with Gasteiger partial charge < -0.3 is 5.32 Å². The van der Waals surface area contributed by atoms with E-state index in [2.05, 4.69) is 18.3 Å². The van der Waals surface area contributed by atoms with E-state index in [1.165, 1.54) is 44.9 Å². The summed E-state index contributed by atoms with van der Waals surface area (Å²) in [6, 6.07) is 3.65. The second-order valence-electron chi connectivity index (χ2n) is 5.57. The average Bonchev–Trinajstić information content (AvgIpc) is 2.77. The van der Waals surface area contributed by atoms with E-state index in [9.17, 15) is 0 Å². The average molecular weight is 220 g/mol. The van der Waals surface area contributed by atoms with E-state index >= 15 is 0 Å². The normalized spacial score (nSPS) is 39.5. The molecular weight excluding hydrogens is 196 g/mol. The molecule has 0 radical (unpaired) electrons. The standard InChI is InChI=1S/C14H24N2/c1-2-11-6-8-13(9-7-11)16-14-5-3-4-12(14)10-15/h11-14,16H,2-9H2,1H3. The van der Waals surface area contributed by atoms with E-state index in [0.29, 0.717) is 12.1 Å². The van der Waals surface area contributed by atoms with Gasteiger partial charge in [-0.05, 0) is 44.4 Å². The Balaban J connectivity index is 1.76. The van der Waals surface area contributed by atoms with Gasteiger partial charge in [0.05, 0.1) is 12.0 Å². The van der Waals surface area contributed by atoms with Gasteiger partial charge in [-0.3, -0.25) is 0 Å². The Labute approximate surface area is 99.4 Å². The molecule has 2 rings (SSSR count). The third-order valence-corrected chi connectivity index (χ3v) is 4.56. The summed E-state index contributed by atoms with van der Waals surface area (Å²) in [5, 5.41) is 12.8. The molecule has 0 aliphatic heterocycles. The fraction of sp³-hybridized carbons (Fsp3) is 0.929. The third-order valence-electron chi connectivity index (χ3n) is 4.56. The van der Waals surface area contributed by atoms with Crippen molar-refractivity contribution in [2.45, 2.75) is 70.4 Å². The van der Waals surface area contributed by atoms with Gasteiger partial charge in [0.1, 0.15) is 0 Å². The van der Waals surface area contributed by atoms with E-state index in [4.69, 9.17) is 5.26 Å². The molecule has 0 bridgehead atoms. The van der Waals surface area contributed by atoms with Crippen LogP contribution in [-0.4, -0.2) is 12.1 Å². The molecular formula is C14H24N2. The first-order valence-electron chi connectivity index (χ1n) is 6.99. The maximum absolute atomic E-state index is 9.06. The molecule has 1 N–H and O–H groups in total. The van der Waals surface area contributed by atoms with Gasteiger partial charge in [0.15, 0.2) is 0 Å². The summed E-state index contributed by atoms with van der Waals surface area (Å²) in [5.74, 6) is 1.25. The second kappa shape index (κ2) is 5.68. The van der Waals surface area contributed by atoms with Crippen LogP contribution >= 0.6 is 0 Å². The Bertz CT molecular complexity index is 248. The Morgan fingerprint density at radius 1 is 1.12 bits per heavy atom. The highest BCUT2D eigenvalue weighted by Gasteiger charge is 2.30. The molecule has 16 heavy (non-hydrogen) atoms. The smallest absolute Gasteiger partial charge is 0.0672 e. The summed E-state index contributed by atoms with van der Waals surface area (Å²) in [6.45, 7) is 2.31. The summed E-state index contributed by atoms with van der Waals surface area (Å²) in [4.78, 5) is 0. The minimum Gasteiger partial charge on any atom is -0.310 e. The molecule has 2 atom stereocenters. The number of hydrogen-bond donors (Lipinski definition) is 1. The Kier molecular flexibility index (Phi) is 4.23. The SMILES string of the molecule is CCC1CCC(NC2CCCC2C#N)CC1. The van der Waals surface area contributed by atoms with E-state index < -0.39 is 0 Å². The Morgan fingerprint density at radius 3 is 2.50 bits per heavy atom. The first-order chi connectivity index (χ1) is 7.83. The Hall–Kier alpha value is -0.550. The topological polar surface area (TPSA) is 35.8 Å². The lowest BCUT2D eigenvalue weighted by Crippen LogP contribution is -2.42. The van der Waals surface area contributed by atoms with Crippen LogP contribution in [0.4, 0.5) is 0 Å². The van der Waals surface area contributed by atoms with E-state index in [1.807, 2.05) is 0 Å². The fourth-order valence-corrected chi connectivity index (χ4v) is 3.35. The summed E-state index contributed by atoms with van der Waals surface area (Å²) < 4.78 is 0. The van der Waals surface area contributed by atoms with Gasteiger partial charge in [0.2, 0.25) is 0 Å². The number of rotatable bonds is 3. The molecule has 2 heteroatoms. The molecule has 2 aliphatic carbocycles. The van der Waals surface area contributed by atoms with Gasteiger partial charge in [0, 0.05) is 12.1 Å². The molecule has 90 valence electrons. The van der Waals surface area contributed by atoms with Gasteiger partial charge >= 0.3 is 0 Å². The summed E-state index contributed by atoms with van der Waals surface area (Å²) in [7, 11) is 0. The lowest BCUT2D eigenvalue weighted by molar-refractivity contribution is 0.261. The van der Waals surface area contributed by atoms with Crippen molar-refractivity contribution in [2.24, 2.45) is 11.8 Å². The maximum atomic E-state index is 9.06. The van der Waals surface area contributed by atoms with Crippen LogP contribution in [-0.2, 0) is 0 Å². The zero-order valence-electron chi connectivity index (χ0n) is 10.4. The van der Waals surface area contributed by atoms with Gasteiger partial charge in [-0.2, -0.15) is 5.26 Å². The number of nitrogens with one attached hydrogen (secondary N) is 1. The molecule has 2 nitrogen and oxygen atoms in total. The minimum absolute atomic E-state index is 0.281. The predicted octanol–water partition coefficient (Wildman–Crippen LogP) is 3.24. The molecule has 2 fully saturated rings. The van der Waals surface area contributed by atoms with Crippen LogP contribution in [0, 0.1) is 23.2 Å². The number of nitriles is 1. The van der Waals surface area contributed by atoms with Crippen molar-refractivity contribution < 1.29 is 0 Å². The second-order valence-corrected chi connectivity index (χ2v) is 5.57. The van der Waals surface area contributed by atoms with Crippen LogP contribution in [0.5, 0.6) is 0 Å². The predicted molar refractivity (Wildman–Crippen MR) is 65.9 cm³/mol. The summed E-state index contributed by atoms with van der Waals surface area (Å²) in [5.41, 5.74) is 0. The molecule has 0 aromatic rings. The van der Waals surface area contributed by atoms with Crippen LogP contribution in [0.3, 0.4) is 0 Å². The van der Waals surface area contributed by atoms with Crippen LogP contribution in [0.2, 0.25) is 0 Å². The zero-order chi connectivity index (χ0) is 11.4. The van der Waals surface area contributed by atoms with Crippen LogP contribution in [0.25, 0.3) is 0 Å². The highest BCUT2D eigenvalue weighted by Crippen LogP contribution is 2.30. The highest BCUT2D eigenvalue weighted by molar-refractivity contribution is 4.97.